The first-order chi connectivity index (χ1) is 10.1. The van der Waals surface area contributed by atoms with Crippen molar-refractivity contribution >= 4 is 45.8 Å². The summed E-state index contributed by atoms with van der Waals surface area (Å²) in [5.74, 6) is 0.906. The zero-order valence-electron chi connectivity index (χ0n) is 10.6. The molecule has 0 aliphatic carbocycles. The first-order valence-corrected chi connectivity index (χ1v) is 7.36. The van der Waals surface area contributed by atoms with Gasteiger partial charge in [0.1, 0.15) is 5.82 Å². The summed E-state index contributed by atoms with van der Waals surface area (Å²) >= 11 is 18.3. The van der Waals surface area contributed by atoms with Crippen LogP contribution in [0.25, 0.3) is 16.7 Å². The summed E-state index contributed by atoms with van der Waals surface area (Å²) in [5.41, 5.74) is 2.85. The zero-order valence-corrected chi connectivity index (χ0v) is 12.9. The van der Waals surface area contributed by atoms with Gasteiger partial charge in [0.05, 0.1) is 39.3 Å². The van der Waals surface area contributed by atoms with Crippen LogP contribution in [0.3, 0.4) is 0 Å². The number of benzene rings is 2. The maximum Gasteiger partial charge on any atom is 0.129 e. The van der Waals surface area contributed by atoms with Gasteiger partial charge in [-0.3, -0.25) is 4.57 Å². The van der Waals surface area contributed by atoms with Gasteiger partial charge in [-0.25, -0.2) is 4.98 Å². The Labute approximate surface area is 136 Å². The van der Waals surface area contributed by atoms with Crippen LogP contribution in [-0.2, 0) is 5.88 Å². The van der Waals surface area contributed by atoms with Crippen LogP contribution < -0.4 is 0 Å². The number of aromatic nitrogens is 2. The maximum atomic E-state index is 8.92. The van der Waals surface area contributed by atoms with Crippen LogP contribution in [0.15, 0.2) is 36.4 Å². The Morgan fingerprint density at radius 1 is 1.14 bits per heavy atom. The summed E-state index contributed by atoms with van der Waals surface area (Å²) in [7, 11) is 0. The molecule has 0 amide bonds. The van der Waals surface area contributed by atoms with Gasteiger partial charge in [0, 0.05) is 5.02 Å². The summed E-state index contributed by atoms with van der Waals surface area (Å²) in [6.07, 6.45) is 0. The molecule has 0 bridgehead atoms. The number of imidazole rings is 1. The van der Waals surface area contributed by atoms with Crippen LogP contribution >= 0.6 is 34.8 Å². The van der Waals surface area contributed by atoms with Crippen molar-refractivity contribution in [1.82, 2.24) is 9.55 Å². The average molecular weight is 337 g/mol. The zero-order chi connectivity index (χ0) is 15.0. The van der Waals surface area contributed by atoms with E-state index in [1.54, 1.807) is 30.3 Å². The van der Waals surface area contributed by atoms with E-state index in [0.29, 0.717) is 21.4 Å². The quantitative estimate of drug-likeness (QED) is 0.622. The third-order valence-corrected chi connectivity index (χ3v) is 3.90. The second kappa shape index (κ2) is 5.57. The summed E-state index contributed by atoms with van der Waals surface area (Å²) in [6.45, 7) is 0. The Bertz CT molecular complexity index is 878. The molecule has 6 heteroatoms. The van der Waals surface area contributed by atoms with Crippen molar-refractivity contribution in [3.63, 3.8) is 0 Å². The molecule has 3 aromatic rings. The first-order valence-electron chi connectivity index (χ1n) is 6.07. The largest absolute Gasteiger partial charge is 0.294 e. The molecule has 21 heavy (non-hydrogen) atoms. The van der Waals surface area contributed by atoms with Gasteiger partial charge in [-0.1, -0.05) is 23.2 Å². The second-order valence-corrected chi connectivity index (χ2v) is 5.52. The molecule has 3 nitrogen and oxygen atoms in total. The Kier molecular flexibility index (Phi) is 3.77. The lowest BCUT2D eigenvalue weighted by atomic mass is 10.2. The Morgan fingerprint density at radius 3 is 2.62 bits per heavy atom. The van der Waals surface area contributed by atoms with E-state index >= 15 is 0 Å². The van der Waals surface area contributed by atoms with Crippen molar-refractivity contribution in [2.75, 3.05) is 0 Å². The number of hydrogen-bond acceptors (Lipinski definition) is 2. The molecule has 3 rings (SSSR count). The van der Waals surface area contributed by atoms with Crippen molar-refractivity contribution in [2.24, 2.45) is 0 Å². The molecular formula is C15H8Cl3N3. The van der Waals surface area contributed by atoms with Gasteiger partial charge in [0.25, 0.3) is 0 Å². The van der Waals surface area contributed by atoms with Gasteiger partial charge in [0.2, 0.25) is 0 Å². The van der Waals surface area contributed by atoms with Crippen molar-refractivity contribution in [3.8, 4) is 11.8 Å². The predicted octanol–water partition coefficient (Wildman–Crippen LogP) is 4.94. The normalized spacial score (nSPS) is 10.8. The highest BCUT2D eigenvalue weighted by molar-refractivity contribution is 6.32. The van der Waals surface area contributed by atoms with Gasteiger partial charge in [-0.2, -0.15) is 5.26 Å². The molecule has 0 aliphatic rings. The molecule has 0 spiro atoms. The van der Waals surface area contributed by atoms with Gasteiger partial charge in [0.15, 0.2) is 0 Å². The van der Waals surface area contributed by atoms with E-state index in [-0.39, 0.29) is 5.88 Å². The number of halogens is 3. The third kappa shape index (κ3) is 2.47. The fourth-order valence-electron chi connectivity index (χ4n) is 2.22. The van der Waals surface area contributed by atoms with Crippen molar-refractivity contribution in [2.45, 2.75) is 5.88 Å². The minimum Gasteiger partial charge on any atom is -0.294 e. The molecule has 0 saturated heterocycles. The highest BCUT2D eigenvalue weighted by Crippen LogP contribution is 2.29. The Morgan fingerprint density at radius 2 is 1.95 bits per heavy atom. The fourth-order valence-corrected chi connectivity index (χ4v) is 2.83. The molecule has 0 fully saturated rings. The maximum absolute atomic E-state index is 8.92. The first kappa shape index (κ1) is 14.2. The smallest absolute Gasteiger partial charge is 0.129 e. The molecular weight excluding hydrogens is 329 g/mol. The number of rotatable bonds is 2. The van der Waals surface area contributed by atoms with Crippen LogP contribution in [-0.4, -0.2) is 9.55 Å². The second-order valence-electron chi connectivity index (χ2n) is 4.41. The fraction of sp³-hybridized carbons (Fsp3) is 0.0667. The standard InChI is InChI=1S/C15H8Cl3N3/c16-7-15-20-12-6-10(17)2-4-14(12)21(15)13-3-1-9(8-19)5-11(13)18/h1-6H,7H2. The molecule has 1 heterocycles. The van der Waals surface area contributed by atoms with Crippen molar-refractivity contribution < 1.29 is 0 Å². The molecule has 0 aliphatic heterocycles. The molecule has 0 unspecified atom stereocenters. The number of nitrogens with zero attached hydrogens (tertiary/aromatic N) is 3. The van der Waals surface area contributed by atoms with Crippen molar-refractivity contribution in [1.29, 1.82) is 5.26 Å². The van der Waals surface area contributed by atoms with Gasteiger partial charge in [-0.15, -0.1) is 11.6 Å². The number of fused-ring (bicyclic) bond motifs is 1. The molecule has 2 aromatic carbocycles. The van der Waals surface area contributed by atoms with Crippen LogP contribution in [0.2, 0.25) is 10.0 Å². The third-order valence-electron chi connectivity index (χ3n) is 3.12. The van der Waals surface area contributed by atoms with E-state index < -0.39 is 0 Å². The highest BCUT2D eigenvalue weighted by atomic mass is 35.5. The minimum absolute atomic E-state index is 0.239. The Balaban J connectivity index is 2.31. The van der Waals surface area contributed by atoms with E-state index in [1.165, 1.54) is 0 Å². The lowest BCUT2D eigenvalue weighted by Gasteiger charge is -2.10. The monoisotopic (exact) mass is 335 g/mol. The molecule has 1 aromatic heterocycles. The van der Waals surface area contributed by atoms with Crippen LogP contribution in [0.4, 0.5) is 0 Å². The minimum atomic E-state index is 0.239. The summed E-state index contributed by atoms with van der Waals surface area (Å²) in [6, 6.07) is 12.6. The van der Waals surface area contributed by atoms with Gasteiger partial charge < -0.3 is 0 Å². The lowest BCUT2D eigenvalue weighted by molar-refractivity contribution is 0.982. The van der Waals surface area contributed by atoms with E-state index in [2.05, 4.69) is 11.1 Å². The Hall–Kier alpha value is -1.73. The van der Waals surface area contributed by atoms with Crippen LogP contribution in [0.5, 0.6) is 0 Å². The highest BCUT2D eigenvalue weighted by Gasteiger charge is 2.14. The predicted molar refractivity (Wildman–Crippen MR) is 85.4 cm³/mol. The summed E-state index contributed by atoms with van der Waals surface area (Å²) in [5, 5.41) is 10.0. The number of nitriles is 1. The number of hydrogen-bond donors (Lipinski definition) is 0. The van der Waals surface area contributed by atoms with E-state index in [0.717, 1.165) is 16.7 Å². The van der Waals surface area contributed by atoms with Crippen LogP contribution in [0.1, 0.15) is 11.4 Å². The summed E-state index contributed by atoms with van der Waals surface area (Å²) in [4.78, 5) is 4.47. The van der Waals surface area contributed by atoms with Crippen molar-refractivity contribution in [3.05, 3.63) is 57.8 Å². The molecule has 0 saturated carbocycles. The van der Waals surface area contributed by atoms with Gasteiger partial charge in [-0.05, 0) is 36.4 Å². The van der Waals surface area contributed by atoms with Crippen LogP contribution in [0, 0.1) is 11.3 Å². The molecule has 0 radical (unpaired) electrons. The lowest BCUT2D eigenvalue weighted by Crippen LogP contribution is -2.00. The van der Waals surface area contributed by atoms with E-state index in [4.69, 9.17) is 40.1 Å². The SMILES string of the molecule is N#Cc1ccc(-n2c(CCl)nc3cc(Cl)ccc32)c(Cl)c1. The molecule has 0 N–H and O–H groups in total. The average Bonchev–Trinajstić information content (AvgIpc) is 2.84. The number of alkyl halides is 1. The molecule has 0 atom stereocenters. The summed E-state index contributed by atoms with van der Waals surface area (Å²) < 4.78 is 1.88. The molecule has 104 valence electrons. The topological polar surface area (TPSA) is 41.6 Å². The van der Waals surface area contributed by atoms with E-state index in [9.17, 15) is 0 Å². The van der Waals surface area contributed by atoms with E-state index in [1.807, 2.05) is 10.6 Å². The van der Waals surface area contributed by atoms with Gasteiger partial charge >= 0.3 is 0 Å².